The first-order valence-electron chi connectivity index (χ1n) is 9.96. The Morgan fingerprint density at radius 1 is 1.20 bits per heavy atom. The maximum absolute atomic E-state index is 13.1. The van der Waals surface area contributed by atoms with Crippen molar-refractivity contribution < 1.29 is 27.6 Å². The predicted molar refractivity (Wildman–Crippen MR) is 130 cm³/mol. The van der Waals surface area contributed by atoms with E-state index in [1.165, 1.54) is 29.7 Å². The number of urea groups is 1. The highest BCUT2D eigenvalue weighted by Crippen LogP contribution is 2.34. The van der Waals surface area contributed by atoms with E-state index in [1.54, 1.807) is 13.0 Å². The number of carbonyl (C=O) groups is 3. The van der Waals surface area contributed by atoms with Crippen molar-refractivity contribution in [1.82, 2.24) is 9.71 Å². The standard InChI is InChI=1S/C22H16ClF3N4O3S2/c1-2-35(19-8-6-16(23)34-19)29-21(33)28-14-5-7-17(27-11-14)30-18(31)9-12-3-4-13(22(24,25)26)10-15(12)20(30)32/h2-8,10-11H,9H2,1H3,(H2,28,29,33). The zero-order valence-electron chi connectivity index (χ0n) is 17.9. The lowest BCUT2D eigenvalue weighted by Crippen LogP contribution is -2.43. The molecule has 4 amide bonds. The van der Waals surface area contributed by atoms with Gasteiger partial charge in [0.25, 0.3) is 5.91 Å². The third-order valence-corrected chi connectivity index (χ3v) is 8.16. The molecule has 0 spiro atoms. The number of halogens is 4. The highest BCUT2D eigenvalue weighted by atomic mass is 35.5. The Kier molecular flexibility index (Phi) is 6.97. The number of amides is 4. The monoisotopic (exact) mass is 540 g/mol. The molecule has 0 saturated carbocycles. The Hall–Kier alpha value is -3.22. The molecular weight excluding hydrogens is 525 g/mol. The zero-order chi connectivity index (χ0) is 25.3. The predicted octanol–water partition coefficient (Wildman–Crippen LogP) is 5.73. The number of hydrogen-bond donors (Lipinski definition) is 2. The van der Waals surface area contributed by atoms with Gasteiger partial charge in [0.2, 0.25) is 5.91 Å². The number of nitrogens with one attached hydrogen (secondary N) is 2. The van der Waals surface area contributed by atoms with E-state index >= 15 is 0 Å². The number of fused-ring (bicyclic) bond motifs is 1. The highest BCUT2D eigenvalue weighted by molar-refractivity contribution is 8.15. The summed E-state index contributed by atoms with van der Waals surface area (Å²) in [6.45, 7) is 1.80. The topological polar surface area (TPSA) is 91.4 Å². The summed E-state index contributed by atoms with van der Waals surface area (Å²) in [7, 11) is -0.676. The van der Waals surface area contributed by atoms with Gasteiger partial charge < -0.3 is 5.32 Å². The second-order valence-electron chi connectivity index (χ2n) is 7.17. The minimum absolute atomic E-state index is 0.0658. The largest absolute Gasteiger partial charge is 0.416 e. The summed E-state index contributed by atoms with van der Waals surface area (Å²) in [6, 6.07) is 8.51. The number of aromatic nitrogens is 1. The highest BCUT2D eigenvalue weighted by Gasteiger charge is 2.37. The van der Waals surface area contributed by atoms with Crippen molar-refractivity contribution in [3.8, 4) is 0 Å². The van der Waals surface area contributed by atoms with E-state index in [0.717, 1.165) is 27.3 Å². The van der Waals surface area contributed by atoms with Gasteiger partial charge in [-0.25, -0.2) is 14.7 Å². The maximum atomic E-state index is 13.1. The molecule has 0 radical (unpaired) electrons. The van der Waals surface area contributed by atoms with Crippen LogP contribution in [-0.4, -0.2) is 28.2 Å². The molecule has 1 unspecified atom stereocenters. The molecule has 3 aromatic rings. The molecule has 3 heterocycles. The number of carbonyl (C=O) groups excluding carboxylic acids is 3. The number of pyridine rings is 1. The fourth-order valence-corrected chi connectivity index (χ4v) is 6.18. The van der Waals surface area contributed by atoms with E-state index < -0.39 is 40.3 Å². The van der Waals surface area contributed by atoms with Crippen molar-refractivity contribution in [1.29, 1.82) is 0 Å². The van der Waals surface area contributed by atoms with E-state index in [1.807, 2.05) is 11.4 Å². The number of imide groups is 1. The fourth-order valence-electron chi connectivity index (χ4n) is 3.30. The molecule has 13 heteroatoms. The van der Waals surface area contributed by atoms with E-state index in [4.69, 9.17) is 11.6 Å². The van der Waals surface area contributed by atoms with Crippen molar-refractivity contribution >= 4 is 68.3 Å². The number of alkyl halides is 3. The minimum Gasteiger partial charge on any atom is -0.306 e. The van der Waals surface area contributed by atoms with Gasteiger partial charge in [0, 0.05) is 5.56 Å². The molecule has 4 rings (SSSR count). The summed E-state index contributed by atoms with van der Waals surface area (Å²) in [6.07, 6.45) is -3.63. The molecule has 7 nitrogen and oxygen atoms in total. The van der Waals surface area contributed by atoms with E-state index in [-0.39, 0.29) is 29.1 Å². The molecule has 0 fully saturated rings. The summed E-state index contributed by atoms with van der Waals surface area (Å²) in [5, 5.41) is 4.43. The van der Waals surface area contributed by atoms with Crippen molar-refractivity contribution in [3.63, 3.8) is 0 Å². The molecule has 1 atom stereocenters. The molecule has 0 saturated heterocycles. The molecule has 1 aliphatic rings. The molecule has 2 aromatic heterocycles. The second kappa shape index (κ2) is 9.80. The van der Waals surface area contributed by atoms with Crippen molar-refractivity contribution in [3.05, 3.63) is 69.7 Å². The lowest BCUT2D eigenvalue weighted by atomic mass is 9.96. The van der Waals surface area contributed by atoms with Gasteiger partial charge in [0.1, 0.15) is 5.82 Å². The number of nitrogens with zero attached hydrogens (tertiary/aromatic N) is 2. The average Bonchev–Trinajstić information content (AvgIpc) is 3.23. The first kappa shape index (κ1) is 24.9. The summed E-state index contributed by atoms with van der Waals surface area (Å²) >= 11 is 7.30. The van der Waals surface area contributed by atoms with Gasteiger partial charge in [-0.05, 0) is 54.3 Å². The van der Waals surface area contributed by atoms with Crippen LogP contribution in [0.3, 0.4) is 0 Å². The van der Waals surface area contributed by atoms with Crippen LogP contribution in [0.4, 0.5) is 29.5 Å². The Morgan fingerprint density at radius 2 is 1.97 bits per heavy atom. The Balaban J connectivity index is 1.49. The summed E-state index contributed by atoms with van der Waals surface area (Å²) in [5.74, 6) is -1.58. The van der Waals surface area contributed by atoms with Crippen LogP contribution in [-0.2, 0) is 17.4 Å². The molecule has 35 heavy (non-hydrogen) atoms. The van der Waals surface area contributed by atoms with E-state index in [9.17, 15) is 27.6 Å². The van der Waals surface area contributed by atoms with Crippen molar-refractivity contribution in [2.24, 2.45) is 0 Å². The van der Waals surface area contributed by atoms with Crippen molar-refractivity contribution in [2.75, 3.05) is 10.2 Å². The molecule has 0 aliphatic carbocycles. The summed E-state index contributed by atoms with van der Waals surface area (Å²) in [5.41, 5.74) is -0.689. The van der Waals surface area contributed by atoms with Crippen LogP contribution in [0.25, 0.3) is 0 Å². The Morgan fingerprint density at radius 3 is 2.57 bits per heavy atom. The van der Waals surface area contributed by atoms with Crippen LogP contribution >= 0.6 is 33.6 Å². The number of rotatable bonds is 4. The van der Waals surface area contributed by atoms with Gasteiger partial charge in [-0.2, -0.15) is 13.2 Å². The Bertz CT molecular complexity index is 1360. The maximum Gasteiger partial charge on any atom is 0.416 e. The van der Waals surface area contributed by atoms with Crippen LogP contribution in [0.2, 0.25) is 4.34 Å². The normalized spacial score (nSPS) is 14.6. The van der Waals surface area contributed by atoms with Gasteiger partial charge in [-0.3, -0.25) is 14.3 Å². The molecule has 182 valence electrons. The van der Waals surface area contributed by atoms with Crippen LogP contribution in [0.1, 0.15) is 28.4 Å². The molecule has 2 N–H and O–H groups in total. The SMILES string of the molecule is C/C=S(\NC(=O)Nc1ccc(N2C(=O)Cc3ccc(C(F)(F)F)cc3C2=O)nc1)c1ccc(Cl)s1. The molecule has 1 aromatic carbocycles. The lowest BCUT2D eigenvalue weighted by molar-refractivity contribution is -0.137. The summed E-state index contributed by atoms with van der Waals surface area (Å²) < 4.78 is 43.5. The van der Waals surface area contributed by atoms with Gasteiger partial charge in [-0.15, -0.1) is 11.3 Å². The second-order valence-corrected chi connectivity index (χ2v) is 10.9. The van der Waals surface area contributed by atoms with Crippen LogP contribution in [0.5, 0.6) is 0 Å². The number of benzene rings is 1. The Labute approximate surface area is 209 Å². The smallest absolute Gasteiger partial charge is 0.306 e. The average molecular weight is 541 g/mol. The van der Waals surface area contributed by atoms with Gasteiger partial charge >= 0.3 is 12.2 Å². The van der Waals surface area contributed by atoms with Gasteiger partial charge in [-0.1, -0.05) is 28.3 Å². The number of thiophene rings is 1. The molecule has 0 bridgehead atoms. The minimum atomic E-state index is -4.63. The fraction of sp³-hybridized carbons (Fsp3) is 0.136. The first-order chi connectivity index (χ1) is 16.6. The molecular formula is C22H16ClF3N4O3S2. The summed E-state index contributed by atoms with van der Waals surface area (Å²) in [4.78, 5) is 42.6. The third-order valence-electron chi connectivity index (χ3n) is 4.90. The molecule has 1 aliphatic heterocycles. The quantitative estimate of drug-likeness (QED) is 0.326. The third kappa shape index (κ3) is 5.39. The number of hydrogen-bond acceptors (Lipinski definition) is 5. The number of anilines is 2. The van der Waals surface area contributed by atoms with E-state index in [2.05, 4.69) is 15.0 Å². The van der Waals surface area contributed by atoms with Gasteiger partial charge in [0.05, 0.1) is 32.4 Å². The lowest BCUT2D eigenvalue weighted by Gasteiger charge is -2.26. The van der Waals surface area contributed by atoms with E-state index in [0.29, 0.717) is 4.34 Å². The first-order valence-corrected chi connectivity index (χ1v) is 12.4. The van der Waals surface area contributed by atoms with Crippen LogP contribution in [0.15, 0.2) is 52.9 Å². The van der Waals surface area contributed by atoms with Crippen LogP contribution in [0, 0.1) is 0 Å². The van der Waals surface area contributed by atoms with Crippen LogP contribution < -0.4 is 14.9 Å². The van der Waals surface area contributed by atoms with Crippen molar-refractivity contribution in [2.45, 2.75) is 23.7 Å². The van der Waals surface area contributed by atoms with Gasteiger partial charge in [0.15, 0.2) is 0 Å². The zero-order valence-corrected chi connectivity index (χ0v) is 20.2.